The summed E-state index contributed by atoms with van der Waals surface area (Å²) >= 11 is 0. The molecule has 0 bridgehead atoms. The van der Waals surface area contributed by atoms with Gasteiger partial charge in [0.1, 0.15) is 5.75 Å². The van der Waals surface area contributed by atoms with Crippen molar-refractivity contribution in [1.82, 2.24) is 0 Å². The largest absolute Gasteiger partial charge is 0.573 e. The maximum absolute atomic E-state index is 13.2. The average Bonchev–Trinajstić information content (AvgIpc) is 2.89. The Morgan fingerprint density at radius 1 is 0.816 bits per heavy atom. The van der Waals surface area contributed by atoms with Crippen LogP contribution in [0.5, 0.6) is 5.75 Å². The molecule has 9 heteroatoms. The molecule has 0 spiro atoms. The van der Waals surface area contributed by atoms with Crippen molar-refractivity contribution in [1.29, 1.82) is 0 Å². The summed E-state index contributed by atoms with van der Waals surface area (Å²) in [6.07, 6.45) is -4.84. The molecule has 196 valence electrons. The quantitative estimate of drug-likeness (QED) is 0.265. The summed E-state index contributed by atoms with van der Waals surface area (Å²) < 4.78 is 67.7. The molecule has 4 aromatic rings. The van der Waals surface area contributed by atoms with E-state index in [4.69, 9.17) is 0 Å². The molecule has 0 saturated carbocycles. The first-order valence-corrected chi connectivity index (χ1v) is 13.4. The first-order valence-electron chi connectivity index (χ1n) is 11.7. The molecule has 5 nitrogen and oxygen atoms in total. The minimum Gasteiger partial charge on any atom is -0.405 e. The van der Waals surface area contributed by atoms with Crippen molar-refractivity contribution in [3.8, 4) is 28.0 Å². The summed E-state index contributed by atoms with van der Waals surface area (Å²) in [4.78, 5) is 12.7. The number of rotatable bonds is 8. The molecule has 0 fully saturated rings. The van der Waals surface area contributed by atoms with E-state index in [1.165, 1.54) is 24.3 Å². The number of sulfone groups is 1. The summed E-state index contributed by atoms with van der Waals surface area (Å²) in [5, 5.41) is 2.76. The maximum atomic E-state index is 13.2. The fourth-order valence-electron chi connectivity index (χ4n) is 3.99. The number of amides is 1. The van der Waals surface area contributed by atoms with Gasteiger partial charge in [-0.3, -0.25) is 4.79 Å². The van der Waals surface area contributed by atoms with Gasteiger partial charge < -0.3 is 10.1 Å². The Bertz CT molecular complexity index is 1520. The van der Waals surface area contributed by atoms with E-state index in [1.54, 1.807) is 73.7 Å². The highest BCUT2D eigenvalue weighted by molar-refractivity contribution is 7.91. The van der Waals surface area contributed by atoms with E-state index in [1.807, 2.05) is 6.07 Å². The SMILES string of the molecule is CCS(=O)(=O)c1ccc(CC(=O)Nc2ccc(-c3c(OC(F)(F)F)cccc3-c3ccccc3)cc2)cc1. The first-order chi connectivity index (χ1) is 18.1. The highest BCUT2D eigenvalue weighted by atomic mass is 32.2. The molecule has 0 radical (unpaired) electrons. The van der Waals surface area contributed by atoms with Crippen LogP contribution in [0.25, 0.3) is 22.3 Å². The van der Waals surface area contributed by atoms with Gasteiger partial charge in [-0.15, -0.1) is 13.2 Å². The minimum absolute atomic E-state index is 0.0114. The highest BCUT2D eigenvalue weighted by Gasteiger charge is 2.33. The average molecular weight is 540 g/mol. The molecule has 0 aromatic heterocycles. The lowest BCUT2D eigenvalue weighted by Crippen LogP contribution is -2.17. The van der Waals surface area contributed by atoms with Gasteiger partial charge >= 0.3 is 6.36 Å². The number of benzene rings is 4. The predicted molar refractivity (Wildman–Crippen MR) is 140 cm³/mol. The van der Waals surface area contributed by atoms with E-state index >= 15 is 0 Å². The van der Waals surface area contributed by atoms with Gasteiger partial charge in [-0.1, -0.05) is 73.7 Å². The minimum atomic E-state index is -4.86. The summed E-state index contributed by atoms with van der Waals surface area (Å²) in [6, 6.07) is 26.1. The molecule has 0 unspecified atom stereocenters. The number of carbonyl (C=O) groups is 1. The topological polar surface area (TPSA) is 72.5 Å². The molecule has 4 rings (SSSR count). The van der Waals surface area contributed by atoms with Crippen molar-refractivity contribution in [3.05, 3.63) is 103 Å². The summed E-state index contributed by atoms with van der Waals surface area (Å²) in [5.74, 6) is -0.665. The number of carbonyl (C=O) groups excluding carboxylic acids is 1. The van der Waals surface area contributed by atoms with Crippen LogP contribution in [0.3, 0.4) is 0 Å². The molecule has 1 N–H and O–H groups in total. The second kappa shape index (κ2) is 11.1. The lowest BCUT2D eigenvalue weighted by Gasteiger charge is -2.18. The van der Waals surface area contributed by atoms with E-state index < -0.39 is 16.2 Å². The third-order valence-corrected chi connectivity index (χ3v) is 7.57. The van der Waals surface area contributed by atoms with Gasteiger partial charge in [0, 0.05) is 11.3 Å². The Kier molecular flexibility index (Phi) is 7.87. The van der Waals surface area contributed by atoms with E-state index in [-0.39, 0.29) is 34.3 Å². The van der Waals surface area contributed by atoms with Crippen LogP contribution in [0.4, 0.5) is 18.9 Å². The monoisotopic (exact) mass is 539 g/mol. The molecule has 0 aliphatic rings. The number of anilines is 1. The van der Waals surface area contributed by atoms with Crippen LogP contribution >= 0.6 is 0 Å². The second-order valence-corrected chi connectivity index (χ2v) is 10.7. The zero-order chi connectivity index (χ0) is 27.3. The predicted octanol–water partition coefficient (Wildman–Crippen LogP) is 6.89. The van der Waals surface area contributed by atoms with E-state index in [2.05, 4.69) is 10.1 Å². The van der Waals surface area contributed by atoms with Gasteiger partial charge in [0.25, 0.3) is 0 Å². The van der Waals surface area contributed by atoms with Gasteiger partial charge in [0.05, 0.1) is 17.1 Å². The van der Waals surface area contributed by atoms with Crippen LogP contribution in [0.1, 0.15) is 12.5 Å². The molecule has 0 saturated heterocycles. The molecule has 0 aliphatic carbocycles. The van der Waals surface area contributed by atoms with Crippen molar-refractivity contribution in [2.45, 2.75) is 24.6 Å². The molecular formula is C29H24F3NO4S. The number of alkyl halides is 3. The molecule has 38 heavy (non-hydrogen) atoms. The molecular weight excluding hydrogens is 515 g/mol. The smallest absolute Gasteiger partial charge is 0.405 e. The Labute approximate surface area is 218 Å². The molecule has 4 aromatic carbocycles. The Morgan fingerprint density at radius 3 is 2.08 bits per heavy atom. The van der Waals surface area contributed by atoms with Gasteiger partial charge in [0.15, 0.2) is 9.84 Å². The van der Waals surface area contributed by atoms with Crippen LogP contribution in [-0.2, 0) is 21.1 Å². The Hall–Kier alpha value is -4.11. The van der Waals surface area contributed by atoms with Gasteiger partial charge in [0.2, 0.25) is 5.91 Å². The standard InChI is InChI=1S/C29H24F3NO4S/c1-2-38(35,36)24-17-11-20(12-18-24)19-27(34)33-23-15-13-22(14-16-23)28-25(21-7-4-3-5-8-21)9-6-10-26(28)37-29(30,31)32/h3-18H,2,19H2,1H3,(H,33,34). The van der Waals surface area contributed by atoms with Crippen LogP contribution in [0.15, 0.2) is 102 Å². The lowest BCUT2D eigenvalue weighted by molar-refractivity contribution is -0.274. The van der Waals surface area contributed by atoms with E-state index in [0.29, 0.717) is 22.4 Å². The number of nitrogens with one attached hydrogen (secondary N) is 1. The van der Waals surface area contributed by atoms with Gasteiger partial charge in [-0.25, -0.2) is 8.42 Å². The second-order valence-electron chi connectivity index (χ2n) is 8.44. The third-order valence-electron chi connectivity index (χ3n) is 5.82. The van der Waals surface area contributed by atoms with Crippen molar-refractivity contribution >= 4 is 21.4 Å². The van der Waals surface area contributed by atoms with Crippen LogP contribution < -0.4 is 10.1 Å². The lowest BCUT2D eigenvalue weighted by atomic mass is 9.93. The number of halogens is 3. The number of hydrogen-bond donors (Lipinski definition) is 1. The summed E-state index contributed by atoms with van der Waals surface area (Å²) in [7, 11) is -3.33. The summed E-state index contributed by atoms with van der Waals surface area (Å²) in [6.45, 7) is 1.56. The number of hydrogen-bond acceptors (Lipinski definition) is 4. The fraction of sp³-hybridized carbons (Fsp3) is 0.138. The van der Waals surface area contributed by atoms with Gasteiger partial charge in [-0.2, -0.15) is 0 Å². The van der Waals surface area contributed by atoms with Gasteiger partial charge in [-0.05, 0) is 52.6 Å². The summed E-state index contributed by atoms with van der Waals surface area (Å²) in [5.41, 5.74) is 3.15. The maximum Gasteiger partial charge on any atom is 0.573 e. The van der Waals surface area contributed by atoms with Crippen molar-refractivity contribution in [3.63, 3.8) is 0 Å². The zero-order valence-corrected chi connectivity index (χ0v) is 21.1. The Morgan fingerprint density at radius 2 is 1.47 bits per heavy atom. The molecule has 1 amide bonds. The normalized spacial score (nSPS) is 11.7. The third kappa shape index (κ3) is 6.60. The van der Waals surface area contributed by atoms with Crippen molar-refractivity contribution in [2.24, 2.45) is 0 Å². The van der Waals surface area contributed by atoms with Crippen LogP contribution in [-0.4, -0.2) is 26.4 Å². The zero-order valence-electron chi connectivity index (χ0n) is 20.3. The number of ether oxygens (including phenoxy) is 1. The Balaban J connectivity index is 1.56. The highest BCUT2D eigenvalue weighted by Crippen LogP contribution is 2.41. The van der Waals surface area contributed by atoms with Crippen molar-refractivity contribution < 1.29 is 31.1 Å². The van der Waals surface area contributed by atoms with Crippen LogP contribution in [0.2, 0.25) is 0 Å². The fourth-order valence-corrected chi connectivity index (χ4v) is 4.87. The molecule has 0 heterocycles. The van der Waals surface area contributed by atoms with Crippen molar-refractivity contribution in [2.75, 3.05) is 11.1 Å². The van der Waals surface area contributed by atoms with E-state index in [0.717, 1.165) is 5.56 Å². The molecule has 0 atom stereocenters. The van der Waals surface area contributed by atoms with E-state index in [9.17, 15) is 26.4 Å². The molecule has 0 aliphatic heterocycles. The first kappa shape index (κ1) is 26.9. The van der Waals surface area contributed by atoms with Crippen LogP contribution in [0, 0.1) is 0 Å².